The quantitative estimate of drug-likeness (QED) is 0.879. The van der Waals surface area contributed by atoms with Crippen LogP contribution in [0, 0.1) is 17.8 Å². The molecule has 0 bridgehead atoms. The molecular formula is C13H25N5. The van der Waals surface area contributed by atoms with E-state index in [1.165, 1.54) is 19.3 Å². The highest BCUT2D eigenvalue weighted by atomic mass is 15.6. The van der Waals surface area contributed by atoms with E-state index >= 15 is 0 Å². The highest BCUT2D eigenvalue weighted by molar-refractivity contribution is 4.91. The molecule has 1 fully saturated rings. The molecule has 1 aromatic heterocycles. The normalized spacial score (nSPS) is 28.8. The lowest BCUT2D eigenvalue weighted by molar-refractivity contribution is 0.171. The SMILES string of the molecule is CNC1CCC(C(C)C)CC1Cc1nnn(C)n1. The van der Waals surface area contributed by atoms with Gasteiger partial charge in [-0.2, -0.15) is 4.80 Å². The predicted molar refractivity (Wildman–Crippen MR) is 71.0 cm³/mol. The first-order valence-electron chi connectivity index (χ1n) is 7.00. The van der Waals surface area contributed by atoms with Crippen molar-refractivity contribution < 1.29 is 0 Å². The molecule has 18 heavy (non-hydrogen) atoms. The molecule has 1 N–H and O–H groups in total. The number of hydrogen-bond donors (Lipinski definition) is 1. The number of nitrogens with one attached hydrogen (secondary N) is 1. The molecule has 3 unspecified atom stereocenters. The standard InChI is InChI=1S/C13H25N5/c1-9(2)10-5-6-12(14-3)11(7-10)8-13-15-17-18(4)16-13/h9-12,14H,5-8H2,1-4H3. The Morgan fingerprint density at radius 3 is 2.72 bits per heavy atom. The van der Waals surface area contributed by atoms with E-state index in [9.17, 15) is 0 Å². The van der Waals surface area contributed by atoms with E-state index in [2.05, 4.69) is 41.6 Å². The van der Waals surface area contributed by atoms with Crippen LogP contribution in [0.1, 0.15) is 38.9 Å². The Kier molecular flexibility index (Phi) is 4.32. The molecule has 102 valence electrons. The summed E-state index contributed by atoms with van der Waals surface area (Å²) in [5.74, 6) is 3.14. The van der Waals surface area contributed by atoms with Gasteiger partial charge in [-0.3, -0.25) is 0 Å². The molecule has 2 rings (SSSR count). The fourth-order valence-corrected chi connectivity index (χ4v) is 3.15. The lowest BCUT2D eigenvalue weighted by atomic mass is 9.72. The molecule has 3 atom stereocenters. The predicted octanol–water partition coefficient (Wildman–Crippen LogP) is 1.41. The van der Waals surface area contributed by atoms with E-state index in [1.807, 2.05) is 7.05 Å². The van der Waals surface area contributed by atoms with Gasteiger partial charge in [0, 0.05) is 12.5 Å². The molecule has 0 radical (unpaired) electrons. The summed E-state index contributed by atoms with van der Waals surface area (Å²) in [4.78, 5) is 1.55. The Hall–Kier alpha value is -0.970. The van der Waals surface area contributed by atoms with Gasteiger partial charge in [-0.25, -0.2) is 0 Å². The Morgan fingerprint density at radius 1 is 1.39 bits per heavy atom. The molecule has 0 aromatic carbocycles. The minimum atomic E-state index is 0.601. The van der Waals surface area contributed by atoms with Crippen LogP contribution in [-0.4, -0.2) is 33.3 Å². The fraction of sp³-hybridized carbons (Fsp3) is 0.923. The highest BCUT2D eigenvalue weighted by Gasteiger charge is 2.31. The van der Waals surface area contributed by atoms with Crippen molar-refractivity contribution in [2.75, 3.05) is 7.05 Å². The highest BCUT2D eigenvalue weighted by Crippen LogP contribution is 2.35. The van der Waals surface area contributed by atoms with Gasteiger partial charge in [-0.1, -0.05) is 13.8 Å². The van der Waals surface area contributed by atoms with Gasteiger partial charge < -0.3 is 5.32 Å². The van der Waals surface area contributed by atoms with Crippen molar-refractivity contribution in [2.24, 2.45) is 24.8 Å². The van der Waals surface area contributed by atoms with Crippen LogP contribution < -0.4 is 5.32 Å². The molecule has 1 saturated carbocycles. The molecule has 0 amide bonds. The van der Waals surface area contributed by atoms with Crippen molar-refractivity contribution in [3.63, 3.8) is 0 Å². The molecule has 1 aliphatic carbocycles. The number of nitrogens with zero attached hydrogens (tertiary/aromatic N) is 4. The van der Waals surface area contributed by atoms with Gasteiger partial charge in [0.1, 0.15) is 0 Å². The molecule has 1 heterocycles. The average molecular weight is 251 g/mol. The van der Waals surface area contributed by atoms with Crippen LogP contribution in [0.15, 0.2) is 0 Å². The van der Waals surface area contributed by atoms with E-state index in [-0.39, 0.29) is 0 Å². The molecule has 1 aliphatic rings. The zero-order valence-corrected chi connectivity index (χ0v) is 11.9. The van der Waals surface area contributed by atoms with Gasteiger partial charge >= 0.3 is 0 Å². The second-order valence-corrected chi connectivity index (χ2v) is 5.87. The summed E-state index contributed by atoms with van der Waals surface area (Å²) in [5, 5.41) is 15.8. The molecule has 5 nitrogen and oxygen atoms in total. The first kappa shape index (κ1) is 13.5. The second-order valence-electron chi connectivity index (χ2n) is 5.87. The Bertz CT molecular complexity index is 373. The third kappa shape index (κ3) is 3.07. The van der Waals surface area contributed by atoms with Crippen molar-refractivity contribution in [2.45, 2.75) is 45.6 Å². The summed E-state index contributed by atoms with van der Waals surface area (Å²) in [6.07, 6.45) is 4.84. The Balaban J connectivity index is 2.02. The van der Waals surface area contributed by atoms with Crippen LogP contribution in [-0.2, 0) is 13.5 Å². The van der Waals surface area contributed by atoms with Gasteiger partial charge in [0.05, 0.1) is 7.05 Å². The number of aromatic nitrogens is 4. The Morgan fingerprint density at radius 2 is 2.17 bits per heavy atom. The summed E-state index contributed by atoms with van der Waals surface area (Å²) in [6, 6.07) is 0.601. The Labute approximate surface area is 109 Å². The largest absolute Gasteiger partial charge is 0.317 e. The number of rotatable bonds is 4. The average Bonchev–Trinajstić information content (AvgIpc) is 2.74. The van der Waals surface area contributed by atoms with Gasteiger partial charge in [-0.15, -0.1) is 10.2 Å². The maximum Gasteiger partial charge on any atom is 0.175 e. The summed E-state index contributed by atoms with van der Waals surface area (Å²) in [7, 11) is 3.89. The van der Waals surface area contributed by atoms with E-state index in [1.54, 1.807) is 4.80 Å². The lowest BCUT2D eigenvalue weighted by Gasteiger charge is -2.37. The molecule has 0 saturated heterocycles. The van der Waals surface area contributed by atoms with Gasteiger partial charge in [0.2, 0.25) is 0 Å². The van der Waals surface area contributed by atoms with E-state index < -0.39 is 0 Å². The fourth-order valence-electron chi connectivity index (χ4n) is 3.15. The molecule has 5 heteroatoms. The summed E-state index contributed by atoms with van der Waals surface area (Å²) in [6.45, 7) is 4.67. The van der Waals surface area contributed by atoms with Crippen LogP contribution in [0.25, 0.3) is 0 Å². The first-order valence-corrected chi connectivity index (χ1v) is 7.00. The van der Waals surface area contributed by atoms with Crippen molar-refractivity contribution in [3.05, 3.63) is 5.82 Å². The second kappa shape index (κ2) is 5.78. The topological polar surface area (TPSA) is 55.6 Å². The molecule has 0 aliphatic heterocycles. The van der Waals surface area contributed by atoms with Crippen LogP contribution in [0.4, 0.5) is 0 Å². The number of aryl methyl sites for hydroxylation is 1. The van der Waals surface area contributed by atoms with Gasteiger partial charge in [0.15, 0.2) is 5.82 Å². The molecular weight excluding hydrogens is 226 g/mol. The maximum atomic E-state index is 4.31. The van der Waals surface area contributed by atoms with Crippen molar-refractivity contribution in [1.82, 2.24) is 25.5 Å². The summed E-state index contributed by atoms with van der Waals surface area (Å²) < 4.78 is 0. The first-order chi connectivity index (χ1) is 8.60. The smallest absolute Gasteiger partial charge is 0.175 e. The number of tetrazole rings is 1. The minimum Gasteiger partial charge on any atom is -0.317 e. The van der Waals surface area contributed by atoms with Crippen molar-refractivity contribution in [3.8, 4) is 0 Å². The van der Waals surface area contributed by atoms with Crippen LogP contribution >= 0.6 is 0 Å². The van der Waals surface area contributed by atoms with E-state index in [4.69, 9.17) is 0 Å². The molecule has 1 aromatic rings. The lowest BCUT2D eigenvalue weighted by Crippen LogP contribution is -2.40. The van der Waals surface area contributed by atoms with Crippen LogP contribution in [0.3, 0.4) is 0 Å². The van der Waals surface area contributed by atoms with Crippen LogP contribution in [0.5, 0.6) is 0 Å². The summed E-state index contributed by atoms with van der Waals surface area (Å²) >= 11 is 0. The van der Waals surface area contributed by atoms with Crippen molar-refractivity contribution >= 4 is 0 Å². The minimum absolute atomic E-state index is 0.601. The van der Waals surface area contributed by atoms with E-state index in [0.717, 1.165) is 24.1 Å². The molecule has 0 spiro atoms. The van der Waals surface area contributed by atoms with Gasteiger partial charge in [0.25, 0.3) is 0 Å². The summed E-state index contributed by atoms with van der Waals surface area (Å²) in [5.41, 5.74) is 0. The zero-order valence-electron chi connectivity index (χ0n) is 11.9. The number of hydrogen-bond acceptors (Lipinski definition) is 4. The van der Waals surface area contributed by atoms with Crippen LogP contribution in [0.2, 0.25) is 0 Å². The van der Waals surface area contributed by atoms with Crippen molar-refractivity contribution in [1.29, 1.82) is 0 Å². The third-order valence-electron chi connectivity index (χ3n) is 4.33. The monoisotopic (exact) mass is 251 g/mol. The maximum absolute atomic E-state index is 4.31. The zero-order chi connectivity index (χ0) is 13.1. The third-order valence-corrected chi connectivity index (χ3v) is 4.33. The van der Waals surface area contributed by atoms with E-state index in [0.29, 0.717) is 12.0 Å². The van der Waals surface area contributed by atoms with Gasteiger partial charge in [-0.05, 0) is 49.3 Å².